The van der Waals surface area contributed by atoms with Crippen LogP contribution in [0.4, 0.5) is 11.6 Å². The number of aromatic nitrogens is 4. The van der Waals surface area contributed by atoms with Crippen LogP contribution in [-0.2, 0) is 6.54 Å². The second-order valence-corrected chi connectivity index (χ2v) is 5.51. The molecule has 3 aromatic heterocycles. The second-order valence-electron chi connectivity index (χ2n) is 4.57. The molecule has 3 heterocycles. The van der Waals surface area contributed by atoms with Gasteiger partial charge in [-0.1, -0.05) is 0 Å². The van der Waals surface area contributed by atoms with Crippen LogP contribution in [0.15, 0.2) is 24.1 Å². The smallest absolute Gasteiger partial charge is 0.180 e. The van der Waals surface area contributed by atoms with Gasteiger partial charge in [0.2, 0.25) is 0 Å². The van der Waals surface area contributed by atoms with Crippen molar-refractivity contribution in [3.8, 4) is 0 Å². The summed E-state index contributed by atoms with van der Waals surface area (Å²) in [5.74, 6) is 1.67. The van der Waals surface area contributed by atoms with Crippen LogP contribution in [0, 0.1) is 6.92 Å². The van der Waals surface area contributed by atoms with Gasteiger partial charge in [-0.25, -0.2) is 15.0 Å². The minimum Gasteiger partial charge on any atom is -0.372 e. The highest BCUT2D eigenvalue weighted by Gasteiger charge is 2.13. The van der Waals surface area contributed by atoms with Gasteiger partial charge >= 0.3 is 0 Å². The van der Waals surface area contributed by atoms with Crippen LogP contribution >= 0.6 is 11.3 Å². The van der Waals surface area contributed by atoms with E-state index < -0.39 is 0 Å². The topological polar surface area (TPSA) is 58.4 Å². The van der Waals surface area contributed by atoms with E-state index in [0.29, 0.717) is 0 Å². The molecule has 0 atom stereocenters. The van der Waals surface area contributed by atoms with E-state index in [0.717, 1.165) is 29.5 Å². The van der Waals surface area contributed by atoms with Gasteiger partial charge in [0.15, 0.2) is 11.5 Å². The standard InChI is InChI=1S/C13H16N6S/c1-9-10(20-8-16-9)6-18(3)13-12-15-4-5-19(12)7-11(14-2)17-13/h4-5,7-8,14H,6H2,1-3H3. The Labute approximate surface area is 121 Å². The normalized spacial score (nSPS) is 10.9. The first-order valence-corrected chi connectivity index (χ1v) is 7.18. The minimum atomic E-state index is 0.777. The van der Waals surface area contributed by atoms with Gasteiger partial charge in [0, 0.05) is 31.4 Å². The number of rotatable bonds is 4. The fourth-order valence-corrected chi connectivity index (χ4v) is 2.89. The number of nitrogens with one attached hydrogen (secondary N) is 1. The third-order valence-electron chi connectivity index (χ3n) is 3.20. The van der Waals surface area contributed by atoms with Crippen LogP contribution in [0.3, 0.4) is 0 Å². The molecule has 0 saturated carbocycles. The Morgan fingerprint density at radius 2 is 2.25 bits per heavy atom. The van der Waals surface area contributed by atoms with Crippen LogP contribution in [0.25, 0.3) is 5.65 Å². The first kappa shape index (κ1) is 12.9. The molecule has 3 rings (SSSR count). The molecule has 6 nitrogen and oxygen atoms in total. The van der Waals surface area contributed by atoms with Gasteiger partial charge < -0.3 is 14.6 Å². The van der Waals surface area contributed by atoms with Crippen LogP contribution < -0.4 is 10.2 Å². The number of fused-ring (bicyclic) bond motifs is 1. The van der Waals surface area contributed by atoms with E-state index in [4.69, 9.17) is 0 Å². The number of aryl methyl sites for hydroxylation is 1. The van der Waals surface area contributed by atoms with Gasteiger partial charge in [-0.05, 0) is 6.92 Å². The summed E-state index contributed by atoms with van der Waals surface area (Å²) in [5.41, 5.74) is 3.81. The lowest BCUT2D eigenvalue weighted by molar-refractivity contribution is 0.896. The van der Waals surface area contributed by atoms with Crippen molar-refractivity contribution in [3.63, 3.8) is 0 Å². The van der Waals surface area contributed by atoms with Gasteiger partial charge in [0.05, 0.1) is 23.9 Å². The Kier molecular flexibility index (Phi) is 3.27. The average Bonchev–Trinajstić information content (AvgIpc) is 3.06. The largest absolute Gasteiger partial charge is 0.372 e. The Balaban J connectivity index is 2.00. The maximum Gasteiger partial charge on any atom is 0.180 e. The van der Waals surface area contributed by atoms with Crippen molar-refractivity contribution in [2.24, 2.45) is 0 Å². The molecule has 7 heteroatoms. The molecular weight excluding hydrogens is 272 g/mol. The summed E-state index contributed by atoms with van der Waals surface area (Å²) in [6, 6.07) is 0. The lowest BCUT2D eigenvalue weighted by atomic mass is 10.3. The molecule has 0 aliphatic rings. The molecule has 3 aromatic rings. The molecule has 0 radical (unpaired) electrons. The molecule has 104 valence electrons. The Morgan fingerprint density at radius 3 is 2.95 bits per heavy atom. The zero-order valence-electron chi connectivity index (χ0n) is 11.7. The number of thiazole rings is 1. The van der Waals surface area contributed by atoms with Crippen molar-refractivity contribution in [2.75, 3.05) is 24.3 Å². The Bertz CT molecular complexity index is 731. The predicted molar refractivity (Wildman–Crippen MR) is 81.5 cm³/mol. The van der Waals surface area contributed by atoms with E-state index in [9.17, 15) is 0 Å². The Hall–Kier alpha value is -2.15. The Morgan fingerprint density at radius 1 is 1.40 bits per heavy atom. The average molecular weight is 288 g/mol. The van der Waals surface area contributed by atoms with Crippen LogP contribution in [-0.4, -0.2) is 33.4 Å². The van der Waals surface area contributed by atoms with E-state index in [2.05, 4.69) is 25.2 Å². The van der Waals surface area contributed by atoms with Crippen LogP contribution in [0.1, 0.15) is 10.6 Å². The quantitative estimate of drug-likeness (QED) is 0.797. The lowest BCUT2D eigenvalue weighted by Gasteiger charge is -2.19. The number of imidazole rings is 1. The number of nitrogens with zero attached hydrogens (tertiary/aromatic N) is 5. The maximum absolute atomic E-state index is 4.62. The third kappa shape index (κ3) is 2.20. The summed E-state index contributed by atoms with van der Waals surface area (Å²) in [7, 11) is 3.89. The number of anilines is 2. The number of hydrogen-bond donors (Lipinski definition) is 1. The fraction of sp³-hybridized carbons (Fsp3) is 0.308. The summed E-state index contributed by atoms with van der Waals surface area (Å²) in [6.07, 6.45) is 5.64. The van der Waals surface area contributed by atoms with Gasteiger partial charge in [0.1, 0.15) is 5.82 Å². The van der Waals surface area contributed by atoms with E-state index in [1.54, 1.807) is 17.5 Å². The van der Waals surface area contributed by atoms with E-state index in [1.807, 2.05) is 43.3 Å². The molecule has 1 N–H and O–H groups in total. The maximum atomic E-state index is 4.62. The van der Waals surface area contributed by atoms with Crippen molar-refractivity contribution >= 4 is 28.6 Å². The summed E-state index contributed by atoms with van der Waals surface area (Å²) in [6.45, 7) is 2.81. The van der Waals surface area contributed by atoms with Crippen molar-refractivity contribution in [1.82, 2.24) is 19.4 Å². The fourth-order valence-electron chi connectivity index (χ4n) is 2.06. The molecule has 0 aliphatic heterocycles. The zero-order valence-corrected chi connectivity index (χ0v) is 12.5. The first-order valence-electron chi connectivity index (χ1n) is 6.30. The van der Waals surface area contributed by atoms with Gasteiger partial charge in [0.25, 0.3) is 0 Å². The summed E-state index contributed by atoms with van der Waals surface area (Å²) >= 11 is 1.67. The molecule has 20 heavy (non-hydrogen) atoms. The van der Waals surface area contributed by atoms with E-state index >= 15 is 0 Å². The molecule has 0 aliphatic carbocycles. The molecule has 0 bridgehead atoms. The second kappa shape index (κ2) is 5.09. The zero-order chi connectivity index (χ0) is 14.1. The molecule has 0 fully saturated rings. The highest BCUT2D eigenvalue weighted by atomic mass is 32.1. The van der Waals surface area contributed by atoms with Crippen molar-refractivity contribution in [1.29, 1.82) is 0 Å². The molecule has 0 saturated heterocycles. The molecular formula is C13H16N6S. The van der Waals surface area contributed by atoms with Crippen molar-refractivity contribution in [2.45, 2.75) is 13.5 Å². The van der Waals surface area contributed by atoms with Gasteiger partial charge in [-0.15, -0.1) is 11.3 Å². The predicted octanol–water partition coefficient (Wildman–Crippen LogP) is 2.17. The van der Waals surface area contributed by atoms with Crippen LogP contribution in [0.2, 0.25) is 0 Å². The first-order chi connectivity index (χ1) is 9.69. The van der Waals surface area contributed by atoms with Gasteiger partial charge in [-0.2, -0.15) is 0 Å². The highest BCUT2D eigenvalue weighted by molar-refractivity contribution is 7.09. The van der Waals surface area contributed by atoms with E-state index in [1.165, 1.54) is 4.88 Å². The summed E-state index contributed by atoms with van der Waals surface area (Å²) in [4.78, 5) is 16.6. The molecule has 0 amide bonds. The minimum absolute atomic E-state index is 0.777. The van der Waals surface area contributed by atoms with Gasteiger partial charge in [-0.3, -0.25) is 0 Å². The number of hydrogen-bond acceptors (Lipinski definition) is 6. The molecule has 0 unspecified atom stereocenters. The monoisotopic (exact) mass is 288 g/mol. The summed E-state index contributed by atoms with van der Waals surface area (Å²) < 4.78 is 1.98. The third-order valence-corrected chi connectivity index (χ3v) is 4.12. The molecule has 0 spiro atoms. The lowest BCUT2D eigenvalue weighted by Crippen LogP contribution is -2.19. The van der Waals surface area contributed by atoms with Crippen molar-refractivity contribution < 1.29 is 0 Å². The highest BCUT2D eigenvalue weighted by Crippen LogP contribution is 2.23. The summed E-state index contributed by atoms with van der Waals surface area (Å²) in [5, 5.41) is 3.08. The van der Waals surface area contributed by atoms with Crippen LogP contribution in [0.5, 0.6) is 0 Å². The van der Waals surface area contributed by atoms with E-state index in [-0.39, 0.29) is 0 Å². The molecule has 0 aromatic carbocycles. The van der Waals surface area contributed by atoms with Crippen molar-refractivity contribution in [3.05, 3.63) is 34.7 Å². The SMILES string of the molecule is CNc1cn2ccnc2c(N(C)Cc2scnc2C)n1.